The van der Waals surface area contributed by atoms with Crippen molar-refractivity contribution >= 4 is 35.4 Å². The largest absolute Gasteiger partial charge is 0.394 e. The van der Waals surface area contributed by atoms with E-state index in [9.17, 15) is 44.1 Å². The van der Waals surface area contributed by atoms with Crippen LogP contribution in [0.1, 0.15) is 39.0 Å². The molecule has 16 nitrogen and oxygen atoms in total. The number of rotatable bonds is 6. The summed E-state index contributed by atoms with van der Waals surface area (Å²) in [6.07, 6.45) is -0.772. The molecule has 11 N–H and O–H groups in total. The summed E-state index contributed by atoms with van der Waals surface area (Å²) < 4.78 is 0. The minimum atomic E-state index is -1.53. The molecule has 6 amide bonds. The third kappa shape index (κ3) is 9.85. The van der Waals surface area contributed by atoms with Crippen molar-refractivity contribution in [3.05, 3.63) is 0 Å². The van der Waals surface area contributed by atoms with Crippen LogP contribution >= 0.6 is 0 Å². The summed E-state index contributed by atoms with van der Waals surface area (Å²) in [5.74, 6) is -4.89. The molecule has 1 aliphatic rings. The summed E-state index contributed by atoms with van der Waals surface area (Å²) >= 11 is 0. The Morgan fingerprint density at radius 3 is 2.32 bits per heavy atom. The summed E-state index contributed by atoms with van der Waals surface area (Å²) in [5, 5.41) is 38.9. The van der Waals surface area contributed by atoms with Crippen LogP contribution in [0.2, 0.25) is 0 Å². The van der Waals surface area contributed by atoms with Gasteiger partial charge in [-0.3, -0.25) is 28.8 Å². The van der Waals surface area contributed by atoms with Crippen LogP contribution in [0.5, 0.6) is 0 Å². The van der Waals surface area contributed by atoms with Crippen LogP contribution in [0, 0.1) is 0 Å². The lowest BCUT2D eigenvalue weighted by Crippen LogP contribution is -2.61. The SMILES string of the molecule is CC(O)C1NC(=O)C(N)CCC(=O)NCCCCC(C(=O)NC(CO)C(N)=O)NC(=O)C(CO)N(C)C1=O. The van der Waals surface area contributed by atoms with Gasteiger partial charge in [-0.1, -0.05) is 0 Å². The van der Waals surface area contributed by atoms with Gasteiger partial charge in [0.2, 0.25) is 35.4 Å². The summed E-state index contributed by atoms with van der Waals surface area (Å²) in [6.45, 7) is -0.189. The fourth-order valence-corrected chi connectivity index (χ4v) is 3.63. The molecule has 6 atom stereocenters. The van der Waals surface area contributed by atoms with E-state index in [2.05, 4.69) is 21.3 Å². The number of aliphatic hydroxyl groups excluding tert-OH is 3. The summed E-state index contributed by atoms with van der Waals surface area (Å²) in [6, 6.07) is -6.88. The van der Waals surface area contributed by atoms with E-state index in [1.807, 2.05) is 0 Å². The quantitative estimate of drug-likeness (QED) is 0.153. The average molecular weight is 546 g/mol. The third-order valence-corrected chi connectivity index (χ3v) is 6.07. The third-order valence-electron chi connectivity index (χ3n) is 6.07. The van der Waals surface area contributed by atoms with E-state index in [1.165, 1.54) is 6.92 Å². The van der Waals surface area contributed by atoms with Gasteiger partial charge in [0.25, 0.3) is 0 Å². The fraction of sp³-hybridized carbons (Fsp3) is 0.727. The Hall–Kier alpha value is -3.34. The Kier molecular flexibility index (Phi) is 13.6. The second kappa shape index (κ2) is 15.8. The first kappa shape index (κ1) is 32.7. The monoisotopic (exact) mass is 545 g/mol. The first-order valence-electron chi connectivity index (χ1n) is 12.2. The molecule has 38 heavy (non-hydrogen) atoms. The highest BCUT2D eigenvalue weighted by Crippen LogP contribution is 2.09. The fourth-order valence-electron chi connectivity index (χ4n) is 3.63. The Bertz CT molecular complexity index is 870. The molecule has 0 aliphatic carbocycles. The topological polar surface area (TPSA) is 267 Å². The van der Waals surface area contributed by atoms with Crippen LogP contribution in [0.25, 0.3) is 0 Å². The van der Waals surface area contributed by atoms with Gasteiger partial charge in [0.15, 0.2) is 0 Å². The first-order chi connectivity index (χ1) is 17.8. The lowest BCUT2D eigenvalue weighted by atomic mass is 10.1. The second-order valence-electron chi connectivity index (χ2n) is 9.07. The van der Waals surface area contributed by atoms with Gasteiger partial charge in [0.05, 0.1) is 25.4 Å². The molecule has 1 heterocycles. The number of hydrogen-bond donors (Lipinski definition) is 9. The molecular formula is C22H39N7O9. The van der Waals surface area contributed by atoms with Crippen molar-refractivity contribution < 1.29 is 44.1 Å². The molecule has 6 unspecified atom stereocenters. The number of nitrogens with zero attached hydrogens (tertiary/aromatic N) is 1. The highest BCUT2D eigenvalue weighted by Gasteiger charge is 2.36. The maximum atomic E-state index is 13.1. The second-order valence-corrected chi connectivity index (χ2v) is 9.07. The van der Waals surface area contributed by atoms with E-state index >= 15 is 0 Å². The Morgan fingerprint density at radius 2 is 1.76 bits per heavy atom. The van der Waals surface area contributed by atoms with Crippen LogP contribution in [-0.4, -0.2) is 119 Å². The molecule has 0 spiro atoms. The molecule has 0 aromatic heterocycles. The molecule has 216 valence electrons. The zero-order valence-corrected chi connectivity index (χ0v) is 21.5. The van der Waals surface area contributed by atoms with Crippen molar-refractivity contribution in [2.45, 2.75) is 75.3 Å². The smallest absolute Gasteiger partial charge is 0.248 e. The van der Waals surface area contributed by atoms with Crippen LogP contribution in [0.3, 0.4) is 0 Å². The molecular weight excluding hydrogens is 506 g/mol. The lowest BCUT2D eigenvalue weighted by molar-refractivity contribution is -0.146. The van der Waals surface area contributed by atoms with Crippen LogP contribution < -0.4 is 32.7 Å². The van der Waals surface area contributed by atoms with Crippen LogP contribution in [-0.2, 0) is 28.8 Å². The maximum absolute atomic E-state index is 13.1. The highest BCUT2D eigenvalue weighted by molar-refractivity contribution is 5.96. The molecule has 1 aliphatic heterocycles. The predicted octanol–water partition coefficient (Wildman–Crippen LogP) is -5.47. The van der Waals surface area contributed by atoms with E-state index in [-0.39, 0.29) is 31.7 Å². The normalized spacial score (nSPS) is 26.6. The van der Waals surface area contributed by atoms with Crippen molar-refractivity contribution in [3.8, 4) is 0 Å². The standard InChI is InChI=1S/C22H39N7O9/c1-11(32)17-22(38)29(2)15(10-31)21(37)26-13(20(36)27-14(9-30)18(24)34)5-3-4-8-25-16(33)7-6-12(23)19(35)28-17/h11-15,17,30-32H,3-10,23H2,1-2H3,(H2,24,34)(H,25,33)(H,26,37)(H,27,36)(H,28,35). The zero-order chi connectivity index (χ0) is 29.0. The van der Waals surface area contributed by atoms with Gasteiger partial charge in [-0.15, -0.1) is 0 Å². The van der Waals surface area contributed by atoms with E-state index in [0.717, 1.165) is 11.9 Å². The number of aliphatic hydroxyl groups is 3. The maximum Gasteiger partial charge on any atom is 0.248 e. The van der Waals surface area contributed by atoms with Crippen molar-refractivity contribution in [1.82, 2.24) is 26.2 Å². The number of primary amides is 1. The van der Waals surface area contributed by atoms with Crippen LogP contribution in [0.15, 0.2) is 0 Å². The molecule has 1 saturated heterocycles. The Balaban J connectivity index is 3.25. The van der Waals surface area contributed by atoms with Crippen molar-refractivity contribution in [1.29, 1.82) is 0 Å². The van der Waals surface area contributed by atoms with Gasteiger partial charge in [-0.05, 0) is 32.6 Å². The summed E-state index contributed by atoms with van der Waals surface area (Å²) in [4.78, 5) is 75.7. The van der Waals surface area contributed by atoms with Crippen LogP contribution in [0.4, 0.5) is 0 Å². The van der Waals surface area contributed by atoms with E-state index < -0.39 is 79.1 Å². The van der Waals surface area contributed by atoms with Crippen molar-refractivity contribution in [3.63, 3.8) is 0 Å². The molecule has 16 heteroatoms. The lowest BCUT2D eigenvalue weighted by Gasteiger charge is -2.32. The molecule has 0 saturated carbocycles. The van der Waals surface area contributed by atoms with Crippen molar-refractivity contribution in [2.24, 2.45) is 11.5 Å². The van der Waals surface area contributed by atoms with E-state index in [4.69, 9.17) is 11.5 Å². The van der Waals surface area contributed by atoms with Gasteiger partial charge >= 0.3 is 0 Å². The average Bonchev–Trinajstić information content (AvgIpc) is 2.86. The number of nitrogens with two attached hydrogens (primary N) is 2. The number of carbonyl (C=O) groups excluding carboxylic acids is 6. The number of nitrogens with one attached hydrogen (secondary N) is 4. The van der Waals surface area contributed by atoms with Gasteiger partial charge < -0.3 is 53.0 Å². The number of carbonyl (C=O) groups is 6. The Labute approximate surface area is 219 Å². The number of hydrogen-bond acceptors (Lipinski definition) is 10. The minimum Gasteiger partial charge on any atom is -0.394 e. The Morgan fingerprint density at radius 1 is 1.11 bits per heavy atom. The molecule has 0 radical (unpaired) electrons. The van der Waals surface area contributed by atoms with Gasteiger partial charge in [0.1, 0.15) is 24.2 Å². The molecule has 0 aromatic rings. The molecule has 1 rings (SSSR count). The van der Waals surface area contributed by atoms with E-state index in [0.29, 0.717) is 12.8 Å². The molecule has 1 fully saturated rings. The summed E-state index contributed by atoms with van der Waals surface area (Å²) in [5.41, 5.74) is 11.0. The first-order valence-corrected chi connectivity index (χ1v) is 12.2. The highest BCUT2D eigenvalue weighted by atomic mass is 16.3. The van der Waals surface area contributed by atoms with Gasteiger partial charge in [-0.25, -0.2) is 0 Å². The summed E-state index contributed by atoms with van der Waals surface area (Å²) in [7, 11) is 1.16. The van der Waals surface area contributed by atoms with Gasteiger partial charge in [0, 0.05) is 20.0 Å². The van der Waals surface area contributed by atoms with E-state index in [1.54, 1.807) is 0 Å². The number of likely N-dealkylation sites (N-methyl/N-ethyl adjacent to an activating group) is 1. The van der Waals surface area contributed by atoms with Crippen molar-refractivity contribution in [2.75, 3.05) is 26.8 Å². The number of amides is 6. The minimum absolute atomic E-state index is 0.0377. The molecule has 0 bridgehead atoms. The predicted molar refractivity (Wildman–Crippen MR) is 131 cm³/mol. The molecule has 0 aromatic carbocycles. The van der Waals surface area contributed by atoms with Gasteiger partial charge in [-0.2, -0.15) is 0 Å². The zero-order valence-electron chi connectivity index (χ0n) is 21.5.